The summed E-state index contributed by atoms with van der Waals surface area (Å²) in [6, 6.07) is 17.2. The molecule has 3 aromatic carbocycles. The minimum Gasteiger partial charge on any atom is -0.258 e. The molecule has 1 unspecified atom stereocenters. The number of nitro groups is 1. The fourth-order valence-electron chi connectivity index (χ4n) is 3.81. The van der Waals surface area contributed by atoms with Crippen LogP contribution in [0.4, 0.5) is 11.4 Å². The first kappa shape index (κ1) is 20.8. The third-order valence-corrected chi connectivity index (χ3v) is 7.96. The third-order valence-electron chi connectivity index (χ3n) is 5.11. The van der Waals surface area contributed by atoms with Gasteiger partial charge >= 0.3 is 0 Å². The van der Waals surface area contributed by atoms with Gasteiger partial charge in [-0.15, -0.1) is 0 Å². The summed E-state index contributed by atoms with van der Waals surface area (Å²) in [5.74, 6) is 0. The van der Waals surface area contributed by atoms with E-state index in [1.807, 2.05) is 12.1 Å². The monoisotopic (exact) mass is 506 g/mol. The van der Waals surface area contributed by atoms with E-state index in [1.165, 1.54) is 28.6 Å². The van der Waals surface area contributed by atoms with Crippen LogP contribution in [0.3, 0.4) is 0 Å². The normalized spacial score (nSPS) is 16.2. The van der Waals surface area contributed by atoms with Crippen LogP contribution < -0.4 is 4.31 Å². The molecule has 0 aromatic heterocycles. The van der Waals surface area contributed by atoms with Crippen molar-refractivity contribution in [3.8, 4) is 0 Å². The highest BCUT2D eigenvalue weighted by Crippen LogP contribution is 2.45. The molecular weight excluding hydrogens is 492 g/mol. The highest BCUT2D eigenvalue weighted by atomic mass is 79.9. The molecule has 0 spiro atoms. The molecule has 1 heterocycles. The second-order valence-corrected chi connectivity index (χ2v) is 9.95. The summed E-state index contributed by atoms with van der Waals surface area (Å²) in [5.41, 5.74) is 1.62. The highest BCUT2D eigenvalue weighted by molar-refractivity contribution is 9.10. The summed E-state index contributed by atoms with van der Waals surface area (Å²) in [5, 5.41) is 12.0. The molecule has 0 radical (unpaired) electrons. The van der Waals surface area contributed by atoms with Gasteiger partial charge in [0.25, 0.3) is 15.7 Å². The SMILES string of the molecule is O=[N+]([O-])c1ccccc1S(=O)(=O)N1c2cccc(Br)c2CCC1c1cccc(Cl)c1. The molecule has 1 aliphatic heterocycles. The van der Waals surface area contributed by atoms with Gasteiger partial charge in [0.1, 0.15) is 0 Å². The quantitative estimate of drug-likeness (QED) is 0.325. The van der Waals surface area contributed by atoms with Gasteiger partial charge in [-0.3, -0.25) is 14.4 Å². The zero-order valence-electron chi connectivity index (χ0n) is 15.5. The van der Waals surface area contributed by atoms with Crippen LogP contribution in [-0.4, -0.2) is 13.3 Å². The summed E-state index contributed by atoms with van der Waals surface area (Å²) in [4.78, 5) is 10.5. The molecule has 0 N–H and O–H groups in total. The van der Waals surface area contributed by atoms with Gasteiger partial charge in [0.2, 0.25) is 0 Å². The van der Waals surface area contributed by atoms with Crippen molar-refractivity contribution >= 4 is 48.9 Å². The predicted molar refractivity (Wildman–Crippen MR) is 119 cm³/mol. The number of hydrogen-bond acceptors (Lipinski definition) is 4. The second-order valence-electron chi connectivity index (χ2n) is 6.87. The zero-order chi connectivity index (χ0) is 21.5. The zero-order valence-corrected chi connectivity index (χ0v) is 18.7. The molecule has 9 heteroatoms. The Kier molecular flexibility index (Phi) is 5.57. The number of sulfonamides is 1. The van der Waals surface area contributed by atoms with Gasteiger partial charge in [-0.05, 0) is 54.3 Å². The van der Waals surface area contributed by atoms with E-state index >= 15 is 0 Å². The van der Waals surface area contributed by atoms with E-state index in [2.05, 4.69) is 15.9 Å². The molecule has 0 fully saturated rings. The lowest BCUT2D eigenvalue weighted by atomic mass is 9.93. The summed E-state index contributed by atoms with van der Waals surface area (Å²) < 4.78 is 29.8. The van der Waals surface area contributed by atoms with Crippen molar-refractivity contribution in [1.82, 2.24) is 0 Å². The van der Waals surface area contributed by atoms with Crippen LogP contribution in [0.2, 0.25) is 5.02 Å². The van der Waals surface area contributed by atoms with Crippen molar-refractivity contribution in [3.05, 3.63) is 97.5 Å². The lowest BCUT2D eigenvalue weighted by molar-refractivity contribution is -0.387. The van der Waals surface area contributed by atoms with Crippen LogP contribution >= 0.6 is 27.5 Å². The number of nitro benzene ring substituents is 1. The molecule has 1 aliphatic rings. The number of anilines is 1. The number of rotatable bonds is 4. The number of benzene rings is 3. The van der Waals surface area contributed by atoms with Gasteiger partial charge in [-0.1, -0.05) is 57.9 Å². The largest absolute Gasteiger partial charge is 0.289 e. The lowest BCUT2D eigenvalue weighted by Crippen LogP contribution is -2.38. The Morgan fingerprint density at radius 3 is 2.53 bits per heavy atom. The first-order valence-corrected chi connectivity index (χ1v) is 11.7. The van der Waals surface area contributed by atoms with E-state index < -0.39 is 26.7 Å². The van der Waals surface area contributed by atoms with Crippen molar-refractivity contribution in [2.45, 2.75) is 23.8 Å². The predicted octanol–water partition coefficient (Wildman–Crippen LogP) is 5.89. The summed E-state index contributed by atoms with van der Waals surface area (Å²) in [7, 11) is -4.25. The van der Waals surface area contributed by atoms with Crippen LogP contribution in [-0.2, 0) is 16.4 Å². The lowest BCUT2D eigenvalue weighted by Gasteiger charge is -2.38. The minimum atomic E-state index is -4.25. The van der Waals surface area contributed by atoms with Crippen molar-refractivity contribution in [2.24, 2.45) is 0 Å². The standard InChI is InChI=1S/C21H16BrClN2O4S/c22-17-7-4-9-19-16(17)11-12-18(14-5-3-6-15(23)13-14)24(19)30(28,29)21-10-2-1-8-20(21)25(26)27/h1-10,13,18H,11-12H2. The maximum Gasteiger partial charge on any atom is 0.289 e. The van der Waals surface area contributed by atoms with Crippen molar-refractivity contribution in [3.63, 3.8) is 0 Å². The van der Waals surface area contributed by atoms with E-state index in [1.54, 1.807) is 30.3 Å². The summed E-state index contributed by atoms with van der Waals surface area (Å²) >= 11 is 9.68. The van der Waals surface area contributed by atoms with E-state index in [0.29, 0.717) is 23.6 Å². The Hall–Kier alpha value is -2.42. The summed E-state index contributed by atoms with van der Waals surface area (Å²) in [6.07, 6.45) is 1.16. The number of nitrogens with zero attached hydrogens (tertiary/aromatic N) is 2. The van der Waals surface area contributed by atoms with Crippen LogP contribution in [0.25, 0.3) is 0 Å². The first-order valence-electron chi connectivity index (χ1n) is 9.11. The number of hydrogen-bond donors (Lipinski definition) is 0. The molecule has 0 saturated heterocycles. The molecule has 30 heavy (non-hydrogen) atoms. The maximum atomic E-state index is 13.8. The maximum absolute atomic E-state index is 13.8. The fraction of sp³-hybridized carbons (Fsp3) is 0.143. The van der Waals surface area contributed by atoms with Crippen LogP contribution in [0.5, 0.6) is 0 Å². The van der Waals surface area contributed by atoms with Gasteiger partial charge < -0.3 is 0 Å². The molecule has 0 aliphatic carbocycles. The minimum absolute atomic E-state index is 0.338. The number of halogens is 2. The van der Waals surface area contributed by atoms with E-state index in [9.17, 15) is 18.5 Å². The Bertz CT molecular complexity index is 1250. The Morgan fingerprint density at radius 2 is 1.80 bits per heavy atom. The molecule has 0 bridgehead atoms. The van der Waals surface area contributed by atoms with Gasteiger partial charge in [0, 0.05) is 15.6 Å². The van der Waals surface area contributed by atoms with E-state index in [4.69, 9.17) is 11.6 Å². The average Bonchev–Trinajstić information content (AvgIpc) is 2.73. The first-order chi connectivity index (χ1) is 14.3. The second kappa shape index (κ2) is 8.02. The van der Waals surface area contributed by atoms with E-state index in [0.717, 1.165) is 15.6 Å². The molecule has 154 valence electrons. The average molecular weight is 508 g/mol. The Morgan fingerprint density at radius 1 is 1.07 bits per heavy atom. The van der Waals surface area contributed by atoms with Crippen LogP contribution in [0.15, 0.2) is 76.1 Å². The van der Waals surface area contributed by atoms with Gasteiger partial charge in [0.05, 0.1) is 16.7 Å². The van der Waals surface area contributed by atoms with Gasteiger partial charge in [0.15, 0.2) is 4.90 Å². The number of fused-ring (bicyclic) bond motifs is 1. The highest BCUT2D eigenvalue weighted by Gasteiger charge is 2.40. The molecule has 0 saturated carbocycles. The molecule has 0 amide bonds. The fourth-order valence-corrected chi connectivity index (χ4v) is 6.43. The van der Waals surface area contributed by atoms with Gasteiger partial charge in [-0.25, -0.2) is 8.42 Å². The molecule has 6 nitrogen and oxygen atoms in total. The van der Waals surface area contributed by atoms with E-state index in [-0.39, 0.29) is 4.90 Å². The van der Waals surface area contributed by atoms with Gasteiger partial charge in [-0.2, -0.15) is 0 Å². The molecular formula is C21H16BrClN2O4S. The Balaban J connectivity index is 1.97. The Labute approximate surface area is 187 Å². The molecule has 1 atom stereocenters. The molecule has 3 aromatic rings. The topological polar surface area (TPSA) is 80.5 Å². The van der Waals surface area contributed by atoms with Crippen molar-refractivity contribution in [2.75, 3.05) is 4.31 Å². The summed E-state index contributed by atoms with van der Waals surface area (Å²) in [6.45, 7) is 0. The number of para-hydroxylation sites is 1. The van der Waals surface area contributed by atoms with Crippen LogP contribution in [0.1, 0.15) is 23.6 Å². The van der Waals surface area contributed by atoms with Crippen LogP contribution in [0, 0.1) is 10.1 Å². The molecule has 4 rings (SSSR count). The van der Waals surface area contributed by atoms with Crippen molar-refractivity contribution < 1.29 is 13.3 Å². The van der Waals surface area contributed by atoms with Crippen molar-refractivity contribution in [1.29, 1.82) is 0 Å². The smallest absolute Gasteiger partial charge is 0.258 e. The third kappa shape index (κ3) is 3.59.